The first-order chi connectivity index (χ1) is 13.6. The van der Waals surface area contributed by atoms with Crippen molar-refractivity contribution in [2.75, 3.05) is 14.2 Å². The predicted octanol–water partition coefficient (Wildman–Crippen LogP) is 3.80. The normalized spacial score (nSPS) is 27.0. The highest BCUT2D eigenvalue weighted by Gasteiger charge is 2.57. The van der Waals surface area contributed by atoms with Crippen molar-refractivity contribution in [3.8, 4) is 0 Å². The van der Waals surface area contributed by atoms with Gasteiger partial charge in [0, 0.05) is 12.1 Å². The topological polar surface area (TPSA) is 46.6 Å². The molecule has 0 N–H and O–H groups in total. The molecule has 2 aromatic rings. The first-order valence-corrected chi connectivity index (χ1v) is 10.0. The van der Waals surface area contributed by atoms with Gasteiger partial charge in [0.15, 0.2) is 5.78 Å². The number of carbonyl (C=O) groups is 2. The Kier molecular flexibility index (Phi) is 5.07. The highest BCUT2D eigenvalue weighted by molar-refractivity contribution is 6.08. The number of fused-ring (bicyclic) bond motifs is 2. The monoisotopic (exact) mass is 377 g/mol. The molecular formula is C24H27NO3. The van der Waals surface area contributed by atoms with Gasteiger partial charge in [0.25, 0.3) is 0 Å². The number of hydrogen-bond donors (Lipinski definition) is 0. The highest BCUT2D eigenvalue weighted by Crippen LogP contribution is 2.49. The lowest BCUT2D eigenvalue weighted by Crippen LogP contribution is -2.54. The zero-order valence-electron chi connectivity index (χ0n) is 16.5. The smallest absolute Gasteiger partial charge is 0.319 e. The number of nitrogens with zero attached hydrogens (tertiary/aromatic N) is 1. The van der Waals surface area contributed by atoms with E-state index in [-0.39, 0.29) is 23.8 Å². The largest absolute Gasteiger partial charge is 0.468 e. The molecule has 2 aliphatic heterocycles. The maximum atomic E-state index is 14.1. The van der Waals surface area contributed by atoms with E-state index in [1.54, 1.807) is 0 Å². The maximum absolute atomic E-state index is 14.1. The van der Waals surface area contributed by atoms with E-state index in [4.69, 9.17) is 4.74 Å². The molecule has 0 aliphatic carbocycles. The molecule has 2 bridgehead atoms. The van der Waals surface area contributed by atoms with Crippen LogP contribution >= 0.6 is 0 Å². The van der Waals surface area contributed by atoms with Crippen LogP contribution in [-0.2, 0) is 14.3 Å². The van der Waals surface area contributed by atoms with Crippen LogP contribution in [0.5, 0.6) is 0 Å². The van der Waals surface area contributed by atoms with Crippen molar-refractivity contribution >= 4 is 11.8 Å². The summed E-state index contributed by atoms with van der Waals surface area (Å²) in [4.78, 5) is 29.5. The van der Waals surface area contributed by atoms with Crippen LogP contribution in [0.2, 0.25) is 0 Å². The summed E-state index contributed by atoms with van der Waals surface area (Å²) in [6.07, 6.45) is 3.16. The molecule has 4 nitrogen and oxygen atoms in total. The van der Waals surface area contributed by atoms with E-state index in [2.05, 4.69) is 11.9 Å². The third-order valence-corrected chi connectivity index (χ3v) is 6.73. The Balaban J connectivity index is 1.81. The van der Waals surface area contributed by atoms with Crippen molar-refractivity contribution in [3.05, 3.63) is 71.8 Å². The molecule has 4 heteroatoms. The Hall–Kier alpha value is -2.46. The van der Waals surface area contributed by atoms with Gasteiger partial charge in [-0.15, -0.1) is 0 Å². The van der Waals surface area contributed by atoms with Gasteiger partial charge in [-0.05, 0) is 43.9 Å². The fourth-order valence-electron chi connectivity index (χ4n) is 5.20. The summed E-state index contributed by atoms with van der Waals surface area (Å²) in [6, 6.07) is 20.1. The number of carbonyl (C=O) groups excluding carboxylic acids is 2. The minimum atomic E-state index is -1.08. The number of piperidine rings is 1. The minimum Gasteiger partial charge on any atom is -0.468 e. The summed E-state index contributed by atoms with van der Waals surface area (Å²) in [5.41, 5.74) is 0.769. The van der Waals surface area contributed by atoms with Crippen LogP contribution < -0.4 is 0 Å². The summed E-state index contributed by atoms with van der Waals surface area (Å²) in [5.74, 6) is -0.870. The molecule has 1 unspecified atom stereocenters. The van der Waals surface area contributed by atoms with E-state index in [0.717, 1.165) is 24.0 Å². The SMILES string of the molecule is COC(=O)C1(C(=O)C(c2ccccc2)c2ccccc2)C[C@H]2CC[C@@H](C1)N2C. The summed E-state index contributed by atoms with van der Waals surface area (Å²) >= 11 is 0. The van der Waals surface area contributed by atoms with Gasteiger partial charge in [-0.2, -0.15) is 0 Å². The molecule has 146 valence electrons. The lowest BCUT2D eigenvalue weighted by atomic mass is 9.66. The Morgan fingerprint density at radius 1 is 0.929 bits per heavy atom. The molecule has 2 heterocycles. The fraction of sp³-hybridized carbons (Fsp3) is 0.417. The second-order valence-corrected chi connectivity index (χ2v) is 8.15. The van der Waals surface area contributed by atoms with Crippen molar-refractivity contribution in [1.82, 2.24) is 4.90 Å². The van der Waals surface area contributed by atoms with Crippen molar-refractivity contribution in [3.63, 3.8) is 0 Å². The molecule has 2 aromatic carbocycles. The quantitative estimate of drug-likeness (QED) is 0.587. The number of methoxy groups -OCH3 is 1. The van der Waals surface area contributed by atoms with Crippen LogP contribution in [0.1, 0.15) is 42.7 Å². The summed E-state index contributed by atoms with van der Waals surface area (Å²) in [7, 11) is 3.51. The fourth-order valence-corrected chi connectivity index (χ4v) is 5.20. The van der Waals surface area contributed by atoms with Gasteiger partial charge < -0.3 is 9.64 Å². The van der Waals surface area contributed by atoms with Crippen molar-refractivity contribution in [2.45, 2.75) is 43.7 Å². The number of benzene rings is 2. The summed E-state index contributed by atoms with van der Waals surface area (Å²) in [6.45, 7) is 0. The lowest BCUT2D eigenvalue weighted by molar-refractivity contribution is -0.163. The average molecular weight is 377 g/mol. The molecule has 3 atom stereocenters. The second-order valence-electron chi connectivity index (χ2n) is 8.15. The predicted molar refractivity (Wildman–Crippen MR) is 108 cm³/mol. The van der Waals surface area contributed by atoms with E-state index in [9.17, 15) is 9.59 Å². The third-order valence-electron chi connectivity index (χ3n) is 6.73. The number of Topliss-reactive ketones (excluding diaryl/α,β-unsaturated/α-hetero) is 1. The molecule has 2 fully saturated rings. The first kappa shape index (κ1) is 18.9. The van der Waals surface area contributed by atoms with Crippen LogP contribution in [-0.4, -0.2) is 42.9 Å². The number of hydrogen-bond acceptors (Lipinski definition) is 4. The molecule has 2 saturated heterocycles. The van der Waals surface area contributed by atoms with E-state index >= 15 is 0 Å². The van der Waals surface area contributed by atoms with Crippen molar-refractivity contribution in [1.29, 1.82) is 0 Å². The Labute approximate surface area is 166 Å². The molecule has 0 amide bonds. The maximum Gasteiger partial charge on any atom is 0.319 e. The van der Waals surface area contributed by atoms with E-state index in [1.807, 2.05) is 60.7 Å². The van der Waals surface area contributed by atoms with Gasteiger partial charge in [-0.3, -0.25) is 9.59 Å². The van der Waals surface area contributed by atoms with Crippen LogP contribution in [0, 0.1) is 5.41 Å². The zero-order chi connectivity index (χ0) is 19.7. The zero-order valence-corrected chi connectivity index (χ0v) is 16.5. The Bertz CT molecular complexity index is 795. The van der Waals surface area contributed by atoms with E-state index in [0.29, 0.717) is 12.8 Å². The highest BCUT2D eigenvalue weighted by atomic mass is 16.5. The van der Waals surface area contributed by atoms with Gasteiger partial charge in [0.1, 0.15) is 5.41 Å². The van der Waals surface area contributed by atoms with Crippen molar-refractivity contribution < 1.29 is 14.3 Å². The molecule has 4 rings (SSSR count). The molecule has 2 aliphatic rings. The Morgan fingerprint density at radius 2 is 1.39 bits per heavy atom. The van der Waals surface area contributed by atoms with E-state index in [1.165, 1.54) is 7.11 Å². The van der Waals surface area contributed by atoms with Gasteiger partial charge in [-0.1, -0.05) is 60.7 Å². The molecule has 0 spiro atoms. The van der Waals surface area contributed by atoms with Gasteiger partial charge in [0.2, 0.25) is 0 Å². The number of ether oxygens (including phenoxy) is 1. The van der Waals surface area contributed by atoms with Crippen LogP contribution in [0.4, 0.5) is 0 Å². The minimum absolute atomic E-state index is 0.0262. The van der Waals surface area contributed by atoms with Gasteiger partial charge in [0.05, 0.1) is 13.0 Å². The van der Waals surface area contributed by atoms with Crippen LogP contribution in [0.15, 0.2) is 60.7 Å². The standard InChI is InChI=1S/C24H27NO3/c1-25-19-13-14-20(25)16-24(15-19,23(27)28-2)22(26)21(17-9-5-3-6-10-17)18-11-7-4-8-12-18/h3-12,19-21H,13-16H2,1-2H3/t19-,20+,24?. The Morgan fingerprint density at radius 3 is 1.82 bits per heavy atom. The number of rotatable bonds is 5. The molecule has 0 aromatic heterocycles. The molecule has 28 heavy (non-hydrogen) atoms. The second kappa shape index (κ2) is 7.51. The lowest BCUT2D eigenvalue weighted by Gasteiger charge is -2.43. The van der Waals surface area contributed by atoms with Gasteiger partial charge in [-0.25, -0.2) is 0 Å². The van der Waals surface area contributed by atoms with Crippen LogP contribution in [0.25, 0.3) is 0 Å². The summed E-state index contributed by atoms with van der Waals surface area (Å²) < 4.78 is 5.22. The number of ketones is 1. The van der Waals surface area contributed by atoms with Crippen molar-refractivity contribution in [2.24, 2.45) is 5.41 Å². The average Bonchev–Trinajstić information content (AvgIpc) is 2.95. The number of esters is 1. The van der Waals surface area contributed by atoms with Crippen LogP contribution in [0.3, 0.4) is 0 Å². The first-order valence-electron chi connectivity index (χ1n) is 10.0. The van der Waals surface area contributed by atoms with Gasteiger partial charge >= 0.3 is 5.97 Å². The summed E-state index contributed by atoms with van der Waals surface area (Å²) in [5, 5.41) is 0. The van der Waals surface area contributed by atoms with E-state index < -0.39 is 11.3 Å². The molecule has 0 radical (unpaired) electrons. The molecule has 0 saturated carbocycles. The molecular weight excluding hydrogens is 350 g/mol. The third kappa shape index (κ3) is 3.06.